The number of halogens is 1. The van der Waals surface area contributed by atoms with E-state index in [0.29, 0.717) is 67.0 Å². The Morgan fingerprint density at radius 1 is 0.962 bits per heavy atom. The SMILES string of the molecule is Cc1cc([C@H](C(=O)N2CC(O)CC2(C(N)=O)[C@@H](CC(=O)NCCCNC(=O)CN2CCN(C(=O)c3ccc(Nc4nc(C5CC5)cn5c(-c6cn[nH]c6)cnc45)c(F)c3)CC2)c2ccc(-c3scnc3C)cc2)C(C)C)on1. The number of aryl methyl sites for hydroxylation is 2. The van der Waals surface area contributed by atoms with Crippen LogP contribution in [0.15, 0.2) is 83.4 Å². The number of aromatic nitrogens is 7. The highest BCUT2D eigenvalue weighted by atomic mass is 32.1. The number of nitrogens with one attached hydrogen (secondary N) is 4. The van der Waals surface area contributed by atoms with Gasteiger partial charge in [0.1, 0.15) is 23.0 Å². The van der Waals surface area contributed by atoms with Crippen LogP contribution in [0.3, 0.4) is 0 Å². The molecular formula is C55H63FN14O7S. The van der Waals surface area contributed by atoms with E-state index in [-0.39, 0.29) is 68.0 Å². The van der Waals surface area contributed by atoms with Crippen LogP contribution in [0.5, 0.6) is 0 Å². The second-order valence-electron chi connectivity index (χ2n) is 20.9. The number of carbonyl (C=O) groups excluding carboxylic acids is 5. The number of aliphatic hydroxyl groups is 1. The lowest BCUT2D eigenvalue weighted by atomic mass is 9.73. The van der Waals surface area contributed by atoms with Crippen LogP contribution in [-0.2, 0) is 19.2 Å². The van der Waals surface area contributed by atoms with Crippen molar-refractivity contribution in [1.29, 1.82) is 0 Å². The molecule has 1 aliphatic carbocycles. The smallest absolute Gasteiger partial charge is 0.254 e. The zero-order valence-electron chi connectivity index (χ0n) is 43.9. The van der Waals surface area contributed by atoms with Crippen LogP contribution in [0.4, 0.5) is 15.9 Å². The number of likely N-dealkylation sites (tertiary alicyclic amines) is 1. The molecule has 1 saturated carbocycles. The number of primary amides is 1. The summed E-state index contributed by atoms with van der Waals surface area (Å²) in [5, 5.41) is 31.1. The van der Waals surface area contributed by atoms with E-state index >= 15 is 4.39 Å². The van der Waals surface area contributed by atoms with Crippen molar-refractivity contribution in [1.82, 2.24) is 60.0 Å². The largest absolute Gasteiger partial charge is 0.391 e. The number of imidazole rings is 1. The zero-order valence-corrected chi connectivity index (χ0v) is 44.7. The molecule has 23 heteroatoms. The number of aliphatic hydroxyl groups excluding tert-OH is 1. The summed E-state index contributed by atoms with van der Waals surface area (Å²) in [5.74, 6) is -3.95. The monoisotopic (exact) mass is 1080 g/mol. The van der Waals surface area contributed by atoms with Crippen molar-refractivity contribution in [2.75, 3.05) is 57.7 Å². The molecular weight excluding hydrogens is 1020 g/mol. The molecule has 4 atom stereocenters. The Bertz CT molecular complexity index is 3330. The van der Waals surface area contributed by atoms with E-state index in [1.54, 1.807) is 48.1 Å². The summed E-state index contributed by atoms with van der Waals surface area (Å²) in [6.45, 7) is 9.27. The molecule has 0 radical (unpaired) electrons. The standard InChI is InChI=1S/C55H63FN14O7S/c1-31(2)48(45-20-32(3)66-77-45)53(75)70-27-39(71)23-55(70,54(57)76)40(34-6-10-36(11-7-34)49-33(4)61-30-78-49)22-46(72)58-14-5-15-59-47(73)29-67-16-18-68(19-17-67)52(74)37-12-13-42(41(56)21-37)64-50-51-60-26-44(38-24-62-63-25-38)69(51)28-43(65-50)35-8-9-35/h6-7,10-13,20-21,24-26,28,30-31,35,39-40,48,71H,5,8-9,14-19,22-23,27,29H2,1-4H3,(H2,57,76)(H,58,72)(H,59,73)(H,62,63)(H,64,65)/t39?,40-,48+,55?/m0/s1. The number of piperazine rings is 1. The molecule has 3 aliphatic rings. The molecule has 3 fully saturated rings. The van der Waals surface area contributed by atoms with Crippen LogP contribution in [0, 0.1) is 25.6 Å². The summed E-state index contributed by atoms with van der Waals surface area (Å²) in [7, 11) is 0. The average Bonchev–Trinajstić information content (AvgIpc) is 4.15. The van der Waals surface area contributed by atoms with Crippen LogP contribution < -0.4 is 21.7 Å². The number of nitrogens with zero attached hydrogens (tertiary/aromatic N) is 9. The normalized spacial score (nSPS) is 18.6. The number of rotatable bonds is 20. The highest BCUT2D eigenvalue weighted by molar-refractivity contribution is 7.13. The van der Waals surface area contributed by atoms with Gasteiger partial charge in [-0.25, -0.2) is 19.3 Å². The number of hydrogen-bond donors (Lipinski definition) is 6. The number of anilines is 2. The van der Waals surface area contributed by atoms with Gasteiger partial charge in [0.05, 0.1) is 63.9 Å². The number of aromatic amines is 1. The number of H-pyrrole nitrogens is 1. The third-order valence-electron chi connectivity index (χ3n) is 15.1. The van der Waals surface area contributed by atoms with Crippen LogP contribution in [0.2, 0.25) is 0 Å². The average molecular weight is 1080 g/mol. The van der Waals surface area contributed by atoms with Gasteiger partial charge in [0.15, 0.2) is 11.5 Å². The molecule has 21 nitrogen and oxygen atoms in total. The molecule has 7 aromatic rings. The van der Waals surface area contributed by atoms with Gasteiger partial charge in [-0.1, -0.05) is 43.3 Å². The summed E-state index contributed by atoms with van der Waals surface area (Å²) in [4.78, 5) is 89.1. The maximum atomic E-state index is 15.8. The van der Waals surface area contributed by atoms with Gasteiger partial charge in [-0.2, -0.15) is 5.10 Å². The molecule has 7 N–H and O–H groups in total. The van der Waals surface area contributed by atoms with E-state index in [9.17, 15) is 29.1 Å². The maximum Gasteiger partial charge on any atom is 0.254 e. The summed E-state index contributed by atoms with van der Waals surface area (Å²) in [6, 6.07) is 13.4. The fourth-order valence-corrected chi connectivity index (χ4v) is 11.7. The first-order valence-electron chi connectivity index (χ1n) is 26.3. The van der Waals surface area contributed by atoms with E-state index in [4.69, 9.17) is 15.2 Å². The summed E-state index contributed by atoms with van der Waals surface area (Å²) < 4.78 is 23.3. The van der Waals surface area contributed by atoms with Gasteiger partial charge in [-0.15, -0.1) is 11.3 Å². The Hall–Kier alpha value is -7.89. The molecule has 408 valence electrons. The molecule has 5 aromatic heterocycles. The fraction of sp³-hybridized carbons (Fsp3) is 0.418. The number of fused-ring (bicyclic) bond motifs is 1. The third-order valence-corrected chi connectivity index (χ3v) is 16.1. The van der Waals surface area contributed by atoms with Gasteiger partial charge in [-0.05, 0) is 68.4 Å². The minimum atomic E-state index is -1.80. The van der Waals surface area contributed by atoms with Gasteiger partial charge in [0, 0.05) is 100 Å². The zero-order chi connectivity index (χ0) is 54.8. The third kappa shape index (κ3) is 11.1. The summed E-state index contributed by atoms with van der Waals surface area (Å²) >= 11 is 1.49. The van der Waals surface area contributed by atoms with E-state index in [1.807, 2.05) is 60.5 Å². The maximum absolute atomic E-state index is 15.8. The highest BCUT2D eigenvalue weighted by Crippen LogP contribution is 2.47. The van der Waals surface area contributed by atoms with Gasteiger partial charge < -0.3 is 41.1 Å². The number of thiazole rings is 1. The van der Waals surface area contributed by atoms with Crippen LogP contribution >= 0.6 is 11.3 Å². The Morgan fingerprint density at radius 3 is 2.36 bits per heavy atom. The first-order valence-corrected chi connectivity index (χ1v) is 27.2. The molecule has 5 amide bonds. The van der Waals surface area contributed by atoms with Crippen molar-refractivity contribution in [3.05, 3.63) is 119 Å². The number of β-amino-alcohol motifs (C(OH)–C–C–N with tert-alkyl or cyclic N) is 1. The molecule has 10 rings (SSSR count). The molecule has 0 spiro atoms. The number of benzene rings is 2. The first kappa shape index (κ1) is 53.5. The van der Waals surface area contributed by atoms with Crippen molar-refractivity contribution in [3.63, 3.8) is 0 Å². The fourth-order valence-electron chi connectivity index (χ4n) is 10.9. The van der Waals surface area contributed by atoms with Crippen LogP contribution in [0.1, 0.15) is 102 Å². The topological polar surface area (TPSA) is 275 Å². The van der Waals surface area contributed by atoms with Gasteiger partial charge >= 0.3 is 0 Å². The predicted molar refractivity (Wildman–Crippen MR) is 288 cm³/mol. The van der Waals surface area contributed by atoms with Crippen molar-refractivity contribution in [2.24, 2.45) is 11.7 Å². The van der Waals surface area contributed by atoms with E-state index in [0.717, 1.165) is 45.9 Å². The lowest BCUT2D eigenvalue weighted by Gasteiger charge is -2.43. The van der Waals surface area contributed by atoms with Crippen LogP contribution in [-0.4, -0.2) is 148 Å². The Labute approximate surface area is 453 Å². The van der Waals surface area contributed by atoms with Crippen molar-refractivity contribution in [3.8, 4) is 21.7 Å². The lowest BCUT2D eigenvalue weighted by Crippen LogP contribution is -2.61. The molecule has 7 heterocycles. The minimum Gasteiger partial charge on any atom is -0.391 e. The molecule has 2 unspecified atom stereocenters. The molecule has 2 aromatic carbocycles. The van der Waals surface area contributed by atoms with E-state index in [1.165, 1.54) is 28.4 Å². The molecule has 78 heavy (non-hydrogen) atoms. The first-order chi connectivity index (χ1) is 37.6. The molecule has 2 aliphatic heterocycles. The quantitative estimate of drug-likeness (QED) is 0.0521. The van der Waals surface area contributed by atoms with E-state index < -0.39 is 47.0 Å². The van der Waals surface area contributed by atoms with Gasteiger partial charge in [0.2, 0.25) is 23.6 Å². The van der Waals surface area contributed by atoms with Crippen LogP contribution in [0.25, 0.3) is 27.3 Å². The second-order valence-corrected chi connectivity index (χ2v) is 21.7. The highest BCUT2D eigenvalue weighted by Gasteiger charge is 2.58. The Kier molecular flexibility index (Phi) is 15.5. The van der Waals surface area contributed by atoms with E-state index in [2.05, 4.69) is 41.3 Å². The van der Waals surface area contributed by atoms with Crippen molar-refractivity contribution >= 4 is 58.0 Å². The van der Waals surface area contributed by atoms with Gasteiger partial charge in [0.25, 0.3) is 5.91 Å². The van der Waals surface area contributed by atoms with Gasteiger partial charge in [-0.3, -0.25) is 38.4 Å². The van der Waals surface area contributed by atoms with Crippen molar-refractivity contribution in [2.45, 2.75) is 89.2 Å². The minimum absolute atomic E-state index is 0.0970. The number of amides is 5. The predicted octanol–water partition coefficient (Wildman–Crippen LogP) is 5.42. The summed E-state index contributed by atoms with van der Waals surface area (Å²) in [5.41, 5.74) is 12.6. The summed E-state index contributed by atoms with van der Waals surface area (Å²) in [6.07, 6.45) is 8.07. The van der Waals surface area contributed by atoms with Crippen molar-refractivity contribution < 1.29 is 38.0 Å². The second kappa shape index (κ2) is 22.6. The Morgan fingerprint density at radius 2 is 1.72 bits per heavy atom. The number of hydrogen-bond acceptors (Lipinski definition) is 15. The number of nitrogens with two attached hydrogens (primary N) is 1. The molecule has 0 bridgehead atoms. The lowest BCUT2D eigenvalue weighted by molar-refractivity contribution is -0.148. The molecule has 2 saturated heterocycles. The Balaban J connectivity index is 0.723. The number of carbonyl (C=O) groups is 5.